The molecule has 1 aromatic heterocycles. The molecule has 0 bridgehead atoms. The summed E-state index contributed by atoms with van der Waals surface area (Å²) in [7, 11) is 4.40. The highest BCUT2D eigenvalue weighted by Gasteiger charge is 2.34. The third-order valence-corrected chi connectivity index (χ3v) is 6.92. The fraction of sp³-hybridized carbons (Fsp3) is 0.286. The molecule has 0 amide bonds. The van der Waals surface area contributed by atoms with E-state index in [1.807, 2.05) is 6.07 Å². The zero-order valence-electron chi connectivity index (χ0n) is 21.9. The molecule has 38 heavy (non-hydrogen) atoms. The van der Waals surface area contributed by atoms with Crippen molar-refractivity contribution in [1.29, 1.82) is 0 Å². The minimum absolute atomic E-state index is 0.259. The lowest BCUT2D eigenvalue weighted by Gasteiger charge is -2.25. The Balaban J connectivity index is 1.91. The van der Waals surface area contributed by atoms with E-state index >= 15 is 0 Å². The number of ether oxygens (including phenoxy) is 4. The van der Waals surface area contributed by atoms with E-state index in [0.29, 0.717) is 37.7 Å². The van der Waals surface area contributed by atoms with Crippen LogP contribution in [0.25, 0.3) is 6.08 Å². The molecular weight excluding hydrogens is 508 g/mol. The summed E-state index contributed by atoms with van der Waals surface area (Å²) in [6, 6.07) is 11.2. The van der Waals surface area contributed by atoms with E-state index in [9.17, 15) is 14.4 Å². The van der Waals surface area contributed by atoms with Gasteiger partial charge in [0.15, 0.2) is 16.3 Å². The van der Waals surface area contributed by atoms with Gasteiger partial charge in [-0.3, -0.25) is 9.36 Å². The summed E-state index contributed by atoms with van der Waals surface area (Å²) >= 11 is 1.22. The summed E-state index contributed by atoms with van der Waals surface area (Å²) in [6.07, 6.45) is 1.38. The van der Waals surface area contributed by atoms with Crippen LogP contribution in [-0.4, -0.2) is 43.9 Å². The predicted molar refractivity (Wildman–Crippen MR) is 142 cm³/mol. The molecule has 0 radical (unpaired) electrons. The lowest BCUT2D eigenvalue weighted by Crippen LogP contribution is -2.40. The molecule has 9 nitrogen and oxygen atoms in total. The molecule has 0 N–H and O–H groups in total. The number of fused-ring (bicyclic) bond motifs is 1. The summed E-state index contributed by atoms with van der Waals surface area (Å²) in [4.78, 5) is 44.0. The first-order valence-electron chi connectivity index (χ1n) is 11.8. The second-order valence-electron chi connectivity index (χ2n) is 8.76. The molecule has 0 saturated carbocycles. The Hall–Kier alpha value is -4.18. The predicted octanol–water partition coefficient (Wildman–Crippen LogP) is 2.99. The van der Waals surface area contributed by atoms with Gasteiger partial charge in [0.2, 0.25) is 0 Å². The van der Waals surface area contributed by atoms with Crippen molar-refractivity contribution in [2.45, 2.75) is 32.9 Å². The van der Waals surface area contributed by atoms with Gasteiger partial charge >= 0.3 is 11.9 Å². The number of aromatic nitrogens is 1. The fourth-order valence-electron chi connectivity index (χ4n) is 4.19. The standard InChI is InChI=1S/C28H28N2O7S/c1-15(2)37-27(33)23-16(3)29-28-30(24(23)18-8-10-19(11-9-18)26(32)36-6)25(31)22(38-28)14-17-7-12-20(34-4)21(13-17)35-5/h7-15,24H,1-6H3. The Labute approximate surface area is 223 Å². The largest absolute Gasteiger partial charge is 0.493 e. The molecule has 0 fully saturated rings. The Morgan fingerprint density at radius 2 is 1.68 bits per heavy atom. The third kappa shape index (κ3) is 5.12. The quantitative estimate of drug-likeness (QED) is 0.428. The van der Waals surface area contributed by atoms with Gasteiger partial charge in [-0.25, -0.2) is 14.6 Å². The molecule has 2 heterocycles. The Morgan fingerprint density at radius 3 is 2.29 bits per heavy atom. The Kier molecular flexibility index (Phi) is 7.82. The highest BCUT2D eigenvalue weighted by molar-refractivity contribution is 7.07. The van der Waals surface area contributed by atoms with Gasteiger partial charge in [-0.05, 0) is 62.2 Å². The number of carbonyl (C=O) groups excluding carboxylic acids is 2. The smallest absolute Gasteiger partial charge is 0.338 e. The molecule has 0 aliphatic carbocycles. The van der Waals surface area contributed by atoms with Crippen LogP contribution in [0.4, 0.5) is 0 Å². The topological polar surface area (TPSA) is 105 Å². The van der Waals surface area contributed by atoms with Crippen LogP contribution in [0.3, 0.4) is 0 Å². The number of allylic oxidation sites excluding steroid dienone is 1. The monoisotopic (exact) mass is 536 g/mol. The number of methoxy groups -OCH3 is 3. The average Bonchev–Trinajstić information content (AvgIpc) is 3.20. The van der Waals surface area contributed by atoms with Crippen molar-refractivity contribution < 1.29 is 28.5 Å². The van der Waals surface area contributed by atoms with Crippen LogP contribution in [0, 0.1) is 0 Å². The van der Waals surface area contributed by atoms with Crippen LogP contribution in [0.15, 0.2) is 63.5 Å². The van der Waals surface area contributed by atoms with Crippen LogP contribution in [-0.2, 0) is 14.3 Å². The van der Waals surface area contributed by atoms with Crippen molar-refractivity contribution in [3.05, 3.63) is 90.1 Å². The number of esters is 2. The lowest BCUT2D eigenvalue weighted by molar-refractivity contribution is -0.143. The van der Waals surface area contributed by atoms with Crippen molar-refractivity contribution in [2.75, 3.05) is 21.3 Å². The number of thiazole rings is 1. The van der Waals surface area contributed by atoms with Gasteiger partial charge < -0.3 is 18.9 Å². The van der Waals surface area contributed by atoms with E-state index in [0.717, 1.165) is 5.56 Å². The maximum Gasteiger partial charge on any atom is 0.338 e. The van der Waals surface area contributed by atoms with Gasteiger partial charge in [-0.2, -0.15) is 0 Å². The van der Waals surface area contributed by atoms with E-state index in [-0.39, 0.29) is 17.2 Å². The zero-order valence-corrected chi connectivity index (χ0v) is 22.8. The first-order valence-corrected chi connectivity index (χ1v) is 12.6. The van der Waals surface area contributed by atoms with E-state index in [1.165, 1.54) is 23.0 Å². The van der Waals surface area contributed by atoms with Crippen molar-refractivity contribution >= 4 is 29.4 Å². The molecule has 2 aromatic carbocycles. The van der Waals surface area contributed by atoms with Crippen LogP contribution < -0.4 is 24.4 Å². The first-order chi connectivity index (χ1) is 18.2. The molecule has 198 valence electrons. The molecule has 1 unspecified atom stereocenters. The van der Waals surface area contributed by atoms with Crippen molar-refractivity contribution in [3.63, 3.8) is 0 Å². The maximum atomic E-state index is 13.8. The Morgan fingerprint density at radius 1 is 1.00 bits per heavy atom. The van der Waals surface area contributed by atoms with Gasteiger partial charge in [-0.15, -0.1) is 0 Å². The van der Waals surface area contributed by atoms with Crippen molar-refractivity contribution in [1.82, 2.24) is 4.57 Å². The number of hydrogen-bond donors (Lipinski definition) is 0. The van der Waals surface area contributed by atoms with Crippen molar-refractivity contribution in [2.24, 2.45) is 4.99 Å². The maximum absolute atomic E-state index is 13.8. The number of rotatable bonds is 7. The molecule has 0 saturated heterocycles. The summed E-state index contributed by atoms with van der Waals surface area (Å²) in [5.74, 6) is 0.0663. The minimum atomic E-state index is -0.795. The summed E-state index contributed by atoms with van der Waals surface area (Å²) in [6.45, 7) is 5.23. The summed E-state index contributed by atoms with van der Waals surface area (Å²) in [5.41, 5.74) is 2.12. The summed E-state index contributed by atoms with van der Waals surface area (Å²) < 4.78 is 22.9. The first kappa shape index (κ1) is 26.9. The van der Waals surface area contributed by atoms with Crippen molar-refractivity contribution in [3.8, 4) is 11.5 Å². The van der Waals surface area contributed by atoms with Gasteiger partial charge in [0.1, 0.15) is 0 Å². The fourth-order valence-corrected chi connectivity index (χ4v) is 5.24. The van der Waals surface area contributed by atoms with E-state index < -0.39 is 18.0 Å². The Bertz CT molecular complexity index is 1600. The van der Waals surface area contributed by atoms with Gasteiger partial charge in [-0.1, -0.05) is 29.5 Å². The molecule has 0 spiro atoms. The van der Waals surface area contributed by atoms with Gasteiger partial charge in [0.05, 0.1) is 54.8 Å². The minimum Gasteiger partial charge on any atom is -0.493 e. The number of carbonyl (C=O) groups is 2. The molecule has 1 aliphatic rings. The molecule has 4 rings (SSSR count). The number of benzene rings is 2. The molecular formula is C28H28N2O7S. The van der Waals surface area contributed by atoms with Gasteiger partial charge in [0.25, 0.3) is 5.56 Å². The molecule has 10 heteroatoms. The molecule has 3 aromatic rings. The number of nitrogens with zero attached hydrogens (tertiary/aromatic N) is 2. The third-order valence-electron chi connectivity index (χ3n) is 5.94. The summed E-state index contributed by atoms with van der Waals surface area (Å²) in [5, 5.41) is 0. The highest BCUT2D eigenvalue weighted by atomic mass is 32.1. The van der Waals surface area contributed by atoms with Crippen LogP contribution in [0.2, 0.25) is 0 Å². The second-order valence-corrected chi connectivity index (χ2v) is 9.77. The second kappa shape index (κ2) is 11.1. The lowest BCUT2D eigenvalue weighted by atomic mass is 9.95. The zero-order chi connectivity index (χ0) is 27.6. The van der Waals surface area contributed by atoms with Crippen LogP contribution >= 0.6 is 11.3 Å². The van der Waals surface area contributed by atoms with E-state index in [4.69, 9.17) is 18.9 Å². The number of hydrogen-bond acceptors (Lipinski definition) is 9. The van der Waals surface area contributed by atoms with E-state index in [2.05, 4.69) is 4.99 Å². The van der Waals surface area contributed by atoms with E-state index in [1.54, 1.807) is 77.5 Å². The highest BCUT2D eigenvalue weighted by Crippen LogP contribution is 2.31. The molecule has 1 atom stereocenters. The molecule has 1 aliphatic heterocycles. The van der Waals surface area contributed by atoms with Crippen LogP contribution in [0.1, 0.15) is 48.3 Å². The average molecular weight is 537 g/mol. The van der Waals surface area contributed by atoms with Crippen LogP contribution in [0.5, 0.6) is 11.5 Å². The SMILES string of the molecule is COC(=O)c1ccc(C2C(C(=O)OC(C)C)=C(C)N=c3sc(=Cc4ccc(OC)c(OC)c4)c(=O)n32)cc1. The normalized spacial score (nSPS) is 15.1. The van der Waals surface area contributed by atoms with Gasteiger partial charge in [0, 0.05) is 0 Å².